The zero-order valence-corrected chi connectivity index (χ0v) is 21.7. The van der Waals surface area contributed by atoms with Gasteiger partial charge in [0.1, 0.15) is 12.0 Å². The van der Waals surface area contributed by atoms with E-state index in [4.69, 9.17) is 0 Å². The fourth-order valence-corrected chi connectivity index (χ4v) is 3.55. The highest BCUT2D eigenvalue weighted by molar-refractivity contribution is 5.40. The monoisotopic (exact) mass is 483 g/mol. The van der Waals surface area contributed by atoms with Gasteiger partial charge in [0.25, 0.3) is 0 Å². The van der Waals surface area contributed by atoms with Crippen molar-refractivity contribution >= 4 is 16.9 Å². The SMILES string of the molecule is CC(C)c1ccc2nccn2c1.CC(C)c1ccc2ncnn2c1.CC(C)c1ccc2nnnn2c1. The second kappa shape index (κ2) is 11.1. The van der Waals surface area contributed by atoms with E-state index in [0.717, 1.165) is 16.9 Å². The summed E-state index contributed by atoms with van der Waals surface area (Å²) in [6.07, 6.45) is 11.5. The molecular formula is C27H33N9. The average Bonchev–Trinajstić information content (AvgIpc) is 3.63. The van der Waals surface area contributed by atoms with E-state index in [9.17, 15) is 0 Å². The third-order valence-electron chi connectivity index (χ3n) is 5.92. The molecule has 0 radical (unpaired) electrons. The molecule has 0 saturated carbocycles. The Morgan fingerprint density at radius 1 is 0.611 bits per heavy atom. The summed E-state index contributed by atoms with van der Waals surface area (Å²) in [6.45, 7) is 13.0. The molecule has 186 valence electrons. The molecule has 0 N–H and O–H groups in total. The van der Waals surface area contributed by atoms with Crippen LogP contribution in [0.15, 0.2) is 73.7 Å². The highest BCUT2D eigenvalue weighted by Crippen LogP contribution is 2.15. The van der Waals surface area contributed by atoms with Crippen LogP contribution in [0.5, 0.6) is 0 Å². The average molecular weight is 484 g/mol. The number of nitrogens with zero attached hydrogens (tertiary/aromatic N) is 9. The predicted octanol–water partition coefficient (Wildman–Crippen LogP) is 5.56. The molecule has 0 aliphatic carbocycles. The van der Waals surface area contributed by atoms with Crippen molar-refractivity contribution in [3.63, 3.8) is 0 Å². The smallest absolute Gasteiger partial charge is 0.179 e. The van der Waals surface area contributed by atoms with E-state index in [1.807, 2.05) is 36.9 Å². The standard InChI is InChI=1S/C10H12N2.C9H11N3.C8H10N4/c1-8(2)9-3-4-10-11-5-6-12(10)7-9;1-7(2)8-3-4-9-10-6-11-12(9)5-8;1-6(2)7-3-4-8-9-10-11-12(8)5-7/h3-8H,1-2H3;3-7H,1-2H3;3-6H,1-2H3. The Kier molecular flexibility index (Phi) is 7.68. The molecule has 0 aromatic carbocycles. The van der Waals surface area contributed by atoms with Crippen LogP contribution in [0.2, 0.25) is 0 Å². The van der Waals surface area contributed by atoms with E-state index >= 15 is 0 Å². The number of rotatable bonds is 3. The maximum absolute atomic E-state index is 4.18. The molecule has 0 spiro atoms. The van der Waals surface area contributed by atoms with Gasteiger partial charge in [-0.05, 0) is 63.1 Å². The zero-order valence-electron chi connectivity index (χ0n) is 21.7. The van der Waals surface area contributed by atoms with Crippen LogP contribution in [0.4, 0.5) is 0 Å². The molecular weight excluding hydrogens is 450 g/mol. The van der Waals surface area contributed by atoms with Crippen molar-refractivity contribution < 1.29 is 0 Å². The van der Waals surface area contributed by atoms with Crippen molar-refractivity contribution in [1.82, 2.24) is 44.0 Å². The summed E-state index contributed by atoms with van der Waals surface area (Å²) < 4.78 is 5.54. The van der Waals surface area contributed by atoms with Crippen LogP contribution in [0.1, 0.15) is 76.0 Å². The third kappa shape index (κ3) is 5.91. The summed E-state index contributed by atoms with van der Waals surface area (Å²) in [5, 5.41) is 15.3. The molecule has 9 heteroatoms. The fraction of sp³-hybridized carbons (Fsp3) is 0.333. The van der Waals surface area contributed by atoms with Gasteiger partial charge in [-0.2, -0.15) is 5.10 Å². The van der Waals surface area contributed by atoms with Gasteiger partial charge in [-0.3, -0.25) is 0 Å². The van der Waals surface area contributed by atoms with Gasteiger partial charge in [-0.25, -0.2) is 19.0 Å². The lowest BCUT2D eigenvalue weighted by Crippen LogP contribution is -1.93. The molecule has 6 heterocycles. The number of aromatic nitrogens is 9. The molecule has 0 amide bonds. The summed E-state index contributed by atoms with van der Waals surface area (Å²) >= 11 is 0. The van der Waals surface area contributed by atoms with Gasteiger partial charge >= 0.3 is 0 Å². The first-order chi connectivity index (χ1) is 17.3. The topological polar surface area (TPSA) is 90.6 Å². The van der Waals surface area contributed by atoms with E-state index in [0.29, 0.717) is 17.8 Å². The van der Waals surface area contributed by atoms with E-state index < -0.39 is 0 Å². The lowest BCUT2D eigenvalue weighted by atomic mass is 10.1. The largest absolute Gasteiger partial charge is 0.307 e. The van der Waals surface area contributed by atoms with Crippen LogP contribution >= 0.6 is 0 Å². The first-order valence-electron chi connectivity index (χ1n) is 12.2. The van der Waals surface area contributed by atoms with Crippen LogP contribution in [-0.2, 0) is 0 Å². The van der Waals surface area contributed by atoms with Crippen molar-refractivity contribution in [2.45, 2.75) is 59.3 Å². The normalized spacial score (nSPS) is 11.2. The van der Waals surface area contributed by atoms with Crippen molar-refractivity contribution in [1.29, 1.82) is 0 Å². The highest BCUT2D eigenvalue weighted by Gasteiger charge is 2.02. The summed E-state index contributed by atoms with van der Waals surface area (Å²) in [5.74, 6) is 1.63. The summed E-state index contributed by atoms with van der Waals surface area (Å²) in [4.78, 5) is 8.25. The molecule has 0 atom stereocenters. The fourth-order valence-electron chi connectivity index (χ4n) is 3.55. The quantitative estimate of drug-likeness (QED) is 0.327. The molecule has 0 saturated heterocycles. The van der Waals surface area contributed by atoms with Gasteiger partial charge in [0, 0.05) is 31.0 Å². The van der Waals surface area contributed by atoms with Crippen LogP contribution in [-0.4, -0.2) is 44.0 Å². The Morgan fingerprint density at radius 3 is 1.86 bits per heavy atom. The summed E-state index contributed by atoms with van der Waals surface area (Å²) in [6, 6.07) is 12.2. The van der Waals surface area contributed by atoms with E-state index in [-0.39, 0.29) is 0 Å². The molecule has 0 unspecified atom stereocenters. The number of tetrazole rings is 1. The van der Waals surface area contributed by atoms with Crippen molar-refractivity contribution in [3.05, 3.63) is 90.4 Å². The molecule has 6 aromatic rings. The highest BCUT2D eigenvalue weighted by atomic mass is 15.5. The van der Waals surface area contributed by atoms with Gasteiger partial charge < -0.3 is 4.40 Å². The van der Waals surface area contributed by atoms with Crippen molar-refractivity contribution in [2.24, 2.45) is 0 Å². The predicted molar refractivity (Wildman–Crippen MR) is 141 cm³/mol. The number of imidazole rings is 1. The molecule has 36 heavy (non-hydrogen) atoms. The second-order valence-electron chi connectivity index (χ2n) is 9.59. The Morgan fingerprint density at radius 2 is 1.19 bits per heavy atom. The Hall–Kier alpha value is -4.14. The van der Waals surface area contributed by atoms with E-state index in [1.54, 1.807) is 15.4 Å². The number of hydrogen-bond acceptors (Lipinski definition) is 6. The van der Waals surface area contributed by atoms with Crippen molar-refractivity contribution in [2.75, 3.05) is 0 Å². The van der Waals surface area contributed by atoms with Crippen LogP contribution in [0.25, 0.3) is 16.9 Å². The molecule has 6 aromatic heterocycles. The molecule has 0 fully saturated rings. The van der Waals surface area contributed by atoms with Gasteiger partial charge in [-0.1, -0.05) is 59.7 Å². The minimum atomic E-state index is 0.513. The maximum atomic E-state index is 4.18. The third-order valence-corrected chi connectivity index (χ3v) is 5.92. The van der Waals surface area contributed by atoms with Gasteiger partial charge in [0.15, 0.2) is 11.3 Å². The number of hydrogen-bond donors (Lipinski definition) is 0. The first-order valence-corrected chi connectivity index (χ1v) is 12.2. The van der Waals surface area contributed by atoms with Crippen LogP contribution in [0.3, 0.4) is 0 Å². The Bertz CT molecular complexity index is 1350. The Balaban J connectivity index is 0.000000127. The lowest BCUT2D eigenvalue weighted by Gasteiger charge is -2.04. The first kappa shape index (κ1) is 25.0. The lowest BCUT2D eigenvalue weighted by molar-refractivity contribution is 0.795. The molecule has 0 aliphatic heterocycles. The molecule has 6 rings (SSSR count). The Labute approximate surface area is 210 Å². The number of pyridine rings is 3. The zero-order chi connectivity index (χ0) is 25.7. The molecule has 0 aliphatic rings. The van der Waals surface area contributed by atoms with Crippen molar-refractivity contribution in [3.8, 4) is 0 Å². The van der Waals surface area contributed by atoms with Crippen LogP contribution < -0.4 is 0 Å². The van der Waals surface area contributed by atoms with Gasteiger partial charge in [0.05, 0.1) is 0 Å². The number of fused-ring (bicyclic) bond motifs is 3. The minimum Gasteiger partial charge on any atom is -0.307 e. The molecule has 9 nitrogen and oxygen atoms in total. The van der Waals surface area contributed by atoms with E-state index in [2.05, 4.69) is 107 Å². The van der Waals surface area contributed by atoms with E-state index in [1.165, 1.54) is 16.7 Å². The van der Waals surface area contributed by atoms with Gasteiger partial charge in [0.2, 0.25) is 0 Å². The second-order valence-corrected chi connectivity index (χ2v) is 9.59. The summed E-state index contributed by atoms with van der Waals surface area (Å²) in [5.41, 5.74) is 6.58. The van der Waals surface area contributed by atoms with Gasteiger partial charge in [-0.15, -0.1) is 5.10 Å². The molecule has 0 bridgehead atoms. The minimum absolute atomic E-state index is 0.513. The maximum Gasteiger partial charge on any atom is 0.179 e. The van der Waals surface area contributed by atoms with Crippen LogP contribution in [0, 0.1) is 0 Å². The summed E-state index contributed by atoms with van der Waals surface area (Å²) in [7, 11) is 0.